The van der Waals surface area contributed by atoms with Crippen LogP contribution in [0, 0.1) is 12.7 Å². The van der Waals surface area contributed by atoms with Crippen LogP contribution in [0.25, 0.3) is 0 Å². The summed E-state index contributed by atoms with van der Waals surface area (Å²) in [6.07, 6.45) is 1.06. The number of carbonyl (C=O) groups excluding carboxylic acids is 1. The minimum Gasteiger partial charge on any atom is -0.324 e. The van der Waals surface area contributed by atoms with Crippen LogP contribution < -0.4 is 10.0 Å². The summed E-state index contributed by atoms with van der Waals surface area (Å²) in [5, 5.41) is 3.22. The van der Waals surface area contributed by atoms with Crippen molar-refractivity contribution in [1.82, 2.24) is 4.72 Å². The molecule has 2 N–H and O–H groups in total. The SMILES string of the molecule is CCC(C)Sc1ccc(NC(=O)[C@H](C)NS(=O)(=O)c2ccccc2F)c(C)c1. The van der Waals surface area contributed by atoms with Gasteiger partial charge in [0.1, 0.15) is 10.7 Å². The van der Waals surface area contributed by atoms with Crippen LogP contribution in [0.15, 0.2) is 52.3 Å². The molecule has 0 aliphatic carbocycles. The first-order valence-electron chi connectivity index (χ1n) is 8.99. The molecular weight excluding hydrogens is 399 g/mol. The van der Waals surface area contributed by atoms with E-state index in [0.29, 0.717) is 10.9 Å². The lowest BCUT2D eigenvalue weighted by atomic mass is 10.2. The number of nitrogens with one attached hydrogen (secondary N) is 2. The van der Waals surface area contributed by atoms with E-state index in [9.17, 15) is 17.6 Å². The standard InChI is InChI=1S/C20H25FN2O3S2/c1-5-14(3)27-16-10-11-18(13(2)12-16)22-20(24)15(4)23-28(25,26)19-9-7-6-8-17(19)21/h6-12,14-15,23H,5H2,1-4H3,(H,22,24)/t14?,15-/m0/s1. The molecule has 0 bridgehead atoms. The summed E-state index contributed by atoms with van der Waals surface area (Å²) in [6, 6.07) is 9.67. The number of rotatable bonds is 8. The monoisotopic (exact) mass is 424 g/mol. The first kappa shape index (κ1) is 22.4. The Labute approximate surface area is 170 Å². The lowest BCUT2D eigenvalue weighted by Gasteiger charge is -2.16. The molecule has 0 aliphatic heterocycles. The summed E-state index contributed by atoms with van der Waals surface area (Å²) in [7, 11) is -4.15. The van der Waals surface area contributed by atoms with Crippen LogP contribution in [-0.2, 0) is 14.8 Å². The maximum atomic E-state index is 13.8. The highest BCUT2D eigenvalue weighted by molar-refractivity contribution is 7.99. The number of amides is 1. The average molecular weight is 425 g/mol. The van der Waals surface area contributed by atoms with E-state index in [1.807, 2.05) is 19.1 Å². The van der Waals surface area contributed by atoms with E-state index in [1.165, 1.54) is 19.1 Å². The Morgan fingerprint density at radius 2 is 1.86 bits per heavy atom. The summed E-state index contributed by atoms with van der Waals surface area (Å²) in [6.45, 7) is 7.57. The van der Waals surface area contributed by atoms with Gasteiger partial charge in [-0.3, -0.25) is 4.79 Å². The number of benzene rings is 2. The van der Waals surface area contributed by atoms with Crippen LogP contribution in [0.5, 0.6) is 0 Å². The predicted octanol–water partition coefficient (Wildman–Crippen LogP) is 4.33. The van der Waals surface area contributed by atoms with Crippen molar-refractivity contribution < 1.29 is 17.6 Å². The van der Waals surface area contributed by atoms with Crippen molar-refractivity contribution in [3.63, 3.8) is 0 Å². The van der Waals surface area contributed by atoms with E-state index in [2.05, 4.69) is 23.9 Å². The molecule has 152 valence electrons. The summed E-state index contributed by atoms with van der Waals surface area (Å²) < 4.78 is 40.6. The van der Waals surface area contributed by atoms with Gasteiger partial charge in [-0.1, -0.05) is 26.0 Å². The molecule has 8 heteroatoms. The third-order valence-corrected chi connectivity index (χ3v) is 7.06. The van der Waals surface area contributed by atoms with Crippen LogP contribution in [0.1, 0.15) is 32.8 Å². The Morgan fingerprint density at radius 3 is 2.46 bits per heavy atom. The first-order valence-corrected chi connectivity index (χ1v) is 11.4. The summed E-state index contributed by atoms with van der Waals surface area (Å²) in [5.74, 6) is -1.39. The largest absolute Gasteiger partial charge is 0.324 e. The molecule has 0 aromatic heterocycles. The fourth-order valence-electron chi connectivity index (χ4n) is 2.42. The van der Waals surface area contributed by atoms with E-state index < -0.39 is 32.7 Å². The molecular formula is C20H25FN2O3S2. The Kier molecular flexibility index (Phi) is 7.63. The lowest BCUT2D eigenvalue weighted by molar-refractivity contribution is -0.117. The second-order valence-corrected chi connectivity index (χ2v) is 9.77. The molecule has 2 rings (SSSR count). The topological polar surface area (TPSA) is 75.3 Å². The van der Waals surface area contributed by atoms with Crippen molar-refractivity contribution in [2.45, 2.75) is 55.2 Å². The van der Waals surface area contributed by atoms with E-state index in [0.717, 1.165) is 29.0 Å². The molecule has 0 aliphatic rings. The fourth-order valence-corrected chi connectivity index (χ4v) is 4.72. The van der Waals surface area contributed by atoms with E-state index >= 15 is 0 Å². The molecule has 28 heavy (non-hydrogen) atoms. The summed E-state index contributed by atoms with van der Waals surface area (Å²) >= 11 is 1.76. The van der Waals surface area contributed by atoms with Gasteiger partial charge in [0.15, 0.2) is 0 Å². The van der Waals surface area contributed by atoms with Crippen LogP contribution in [-0.4, -0.2) is 25.6 Å². The lowest BCUT2D eigenvalue weighted by Crippen LogP contribution is -2.41. The zero-order valence-electron chi connectivity index (χ0n) is 16.3. The van der Waals surface area contributed by atoms with Crippen molar-refractivity contribution in [1.29, 1.82) is 0 Å². The van der Waals surface area contributed by atoms with Gasteiger partial charge < -0.3 is 5.32 Å². The minimum absolute atomic E-state index is 0.489. The van der Waals surface area contributed by atoms with Gasteiger partial charge in [-0.2, -0.15) is 4.72 Å². The number of hydrogen-bond donors (Lipinski definition) is 2. The number of anilines is 1. The minimum atomic E-state index is -4.15. The van der Waals surface area contributed by atoms with Gasteiger partial charge in [0.05, 0.1) is 6.04 Å². The third kappa shape index (κ3) is 5.80. The highest BCUT2D eigenvalue weighted by Crippen LogP contribution is 2.28. The normalized spacial score (nSPS) is 13.8. The Balaban J connectivity index is 2.07. The number of sulfonamides is 1. The Bertz CT molecular complexity index is 948. The van der Waals surface area contributed by atoms with E-state index in [4.69, 9.17) is 0 Å². The molecule has 0 radical (unpaired) electrons. The Hall–Kier alpha value is -1.90. The second kappa shape index (κ2) is 9.54. The second-order valence-electron chi connectivity index (χ2n) is 6.58. The van der Waals surface area contributed by atoms with E-state index in [1.54, 1.807) is 17.8 Å². The zero-order chi connectivity index (χ0) is 20.9. The van der Waals surface area contributed by atoms with E-state index in [-0.39, 0.29) is 0 Å². The molecule has 0 saturated heterocycles. The number of hydrogen-bond acceptors (Lipinski definition) is 4. The number of halogens is 1. The summed E-state index contributed by atoms with van der Waals surface area (Å²) in [4.78, 5) is 13.1. The van der Waals surface area contributed by atoms with Gasteiger partial charge >= 0.3 is 0 Å². The van der Waals surface area contributed by atoms with Crippen LogP contribution in [0.2, 0.25) is 0 Å². The molecule has 0 heterocycles. The van der Waals surface area contributed by atoms with Gasteiger partial charge in [0.25, 0.3) is 0 Å². The molecule has 0 saturated carbocycles. The van der Waals surface area contributed by atoms with Gasteiger partial charge in [-0.25, -0.2) is 12.8 Å². The van der Waals surface area contributed by atoms with Gasteiger partial charge in [0, 0.05) is 15.8 Å². The molecule has 1 amide bonds. The third-order valence-electron chi connectivity index (χ3n) is 4.22. The zero-order valence-corrected chi connectivity index (χ0v) is 18.0. The van der Waals surface area contributed by atoms with Gasteiger partial charge in [0.2, 0.25) is 15.9 Å². The smallest absolute Gasteiger partial charge is 0.244 e. The molecule has 2 atom stereocenters. The van der Waals surface area contributed by atoms with Crippen LogP contribution in [0.3, 0.4) is 0 Å². The first-order chi connectivity index (χ1) is 13.1. The molecule has 0 fully saturated rings. The molecule has 2 aromatic carbocycles. The number of carbonyl (C=O) groups is 1. The maximum absolute atomic E-state index is 13.8. The highest BCUT2D eigenvalue weighted by Gasteiger charge is 2.24. The molecule has 1 unspecified atom stereocenters. The number of aryl methyl sites for hydroxylation is 1. The van der Waals surface area contributed by atoms with Gasteiger partial charge in [-0.15, -0.1) is 11.8 Å². The van der Waals surface area contributed by atoms with Crippen LogP contribution in [0.4, 0.5) is 10.1 Å². The van der Waals surface area contributed by atoms with Gasteiger partial charge in [-0.05, 0) is 56.2 Å². The quantitative estimate of drug-likeness (QED) is 0.619. The van der Waals surface area contributed by atoms with Crippen LogP contribution >= 0.6 is 11.8 Å². The molecule has 5 nitrogen and oxygen atoms in total. The van der Waals surface area contributed by atoms with Crippen molar-refractivity contribution in [3.8, 4) is 0 Å². The van der Waals surface area contributed by atoms with Crippen molar-refractivity contribution >= 4 is 33.4 Å². The predicted molar refractivity (Wildman–Crippen MR) is 112 cm³/mol. The van der Waals surface area contributed by atoms with Crippen molar-refractivity contribution in [2.75, 3.05) is 5.32 Å². The maximum Gasteiger partial charge on any atom is 0.244 e. The van der Waals surface area contributed by atoms with Crippen molar-refractivity contribution in [3.05, 3.63) is 53.8 Å². The van der Waals surface area contributed by atoms with Crippen molar-refractivity contribution in [2.24, 2.45) is 0 Å². The number of thioether (sulfide) groups is 1. The average Bonchev–Trinajstić information content (AvgIpc) is 2.63. The molecule has 2 aromatic rings. The highest BCUT2D eigenvalue weighted by atomic mass is 32.2. The summed E-state index contributed by atoms with van der Waals surface area (Å²) in [5.41, 5.74) is 1.49. The molecule has 0 spiro atoms. The fraction of sp³-hybridized carbons (Fsp3) is 0.350. The Morgan fingerprint density at radius 1 is 1.18 bits per heavy atom.